The van der Waals surface area contributed by atoms with E-state index >= 15 is 0 Å². The first-order valence-corrected chi connectivity index (χ1v) is 11.0. The van der Waals surface area contributed by atoms with Gasteiger partial charge in [-0.05, 0) is 30.0 Å². The molecule has 0 spiro atoms. The van der Waals surface area contributed by atoms with Crippen LogP contribution in [0.4, 0.5) is 0 Å². The molecule has 0 atom stereocenters. The van der Waals surface area contributed by atoms with Gasteiger partial charge in [-0.1, -0.05) is 91.0 Å². The van der Waals surface area contributed by atoms with Crippen molar-refractivity contribution < 1.29 is 9.90 Å². The van der Waals surface area contributed by atoms with E-state index in [4.69, 9.17) is 0 Å². The van der Waals surface area contributed by atoms with E-state index in [0.717, 1.165) is 16.7 Å². The minimum absolute atomic E-state index is 0.0478. The highest BCUT2D eigenvalue weighted by molar-refractivity contribution is 5.78. The average Bonchev–Trinajstić information content (AvgIpc) is 2.83. The van der Waals surface area contributed by atoms with Gasteiger partial charge in [0.05, 0.1) is 12.6 Å². The van der Waals surface area contributed by atoms with Crippen molar-refractivity contribution in [1.82, 2.24) is 9.80 Å². The van der Waals surface area contributed by atoms with Crippen LogP contribution in [-0.2, 0) is 11.3 Å². The van der Waals surface area contributed by atoms with Crippen molar-refractivity contribution in [3.63, 3.8) is 0 Å². The Labute approximate surface area is 185 Å². The normalized spacial score (nSPS) is 11.1. The number of aliphatic hydroxyl groups excluding tert-OH is 1. The summed E-state index contributed by atoms with van der Waals surface area (Å²) in [6.07, 6.45) is 0.619. The van der Waals surface area contributed by atoms with Crippen LogP contribution in [0.5, 0.6) is 0 Å². The Balaban J connectivity index is 1.86. The first-order chi connectivity index (χ1) is 15.2. The van der Waals surface area contributed by atoms with Crippen LogP contribution in [-0.4, -0.2) is 47.1 Å². The Hall–Kier alpha value is -2.95. The lowest BCUT2D eigenvalue weighted by Gasteiger charge is -2.34. The van der Waals surface area contributed by atoms with E-state index in [1.807, 2.05) is 66.4 Å². The molecule has 3 aromatic rings. The topological polar surface area (TPSA) is 43.8 Å². The van der Waals surface area contributed by atoms with E-state index < -0.39 is 0 Å². The highest BCUT2D eigenvalue weighted by Crippen LogP contribution is 2.29. The van der Waals surface area contributed by atoms with Crippen LogP contribution in [0.2, 0.25) is 0 Å². The number of hydrogen-bond donors (Lipinski definition) is 1. The smallest absolute Gasteiger partial charge is 0.237 e. The minimum Gasteiger partial charge on any atom is -0.396 e. The van der Waals surface area contributed by atoms with Crippen LogP contribution in [0.15, 0.2) is 91.0 Å². The van der Waals surface area contributed by atoms with Gasteiger partial charge in [-0.15, -0.1) is 0 Å². The summed E-state index contributed by atoms with van der Waals surface area (Å²) in [5.74, 6) is 0.0983. The predicted octanol–water partition coefficient (Wildman–Crippen LogP) is 4.51. The van der Waals surface area contributed by atoms with Crippen LogP contribution < -0.4 is 0 Å². The highest BCUT2D eigenvalue weighted by atomic mass is 16.3. The van der Waals surface area contributed by atoms with E-state index in [0.29, 0.717) is 32.6 Å². The number of aliphatic hydroxyl groups is 1. The molecular formula is C27H32N2O2. The number of carbonyl (C=O) groups excluding carboxylic acids is 1. The van der Waals surface area contributed by atoms with Crippen LogP contribution in [0.3, 0.4) is 0 Å². The van der Waals surface area contributed by atoms with Gasteiger partial charge < -0.3 is 10.0 Å². The van der Waals surface area contributed by atoms with Crippen LogP contribution >= 0.6 is 0 Å². The zero-order chi connectivity index (χ0) is 21.9. The third-order valence-electron chi connectivity index (χ3n) is 5.49. The van der Waals surface area contributed by atoms with Gasteiger partial charge in [-0.25, -0.2) is 0 Å². The minimum atomic E-state index is -0.0478. The average molecular weight is 417 g/mol. The van der Waals surface area contributed by atoms with E-state index in [9.17, 15) is 9.90 Å². The van der Waals surface area contributed by atoms with Gasteiger partial charge in [-0.2, -0.15) is 0 Å². The lowest BCUT2D eigenvalue weighted by molar-refractivity contribution is -0.133. The van der Waals surface area contributed by atoms with E-state index in [-0.39, 0.29) is 18.6 Å². The molecule has 3 aromatic carbocycles. The quantitative estimate of drug-likeness (QED) is 0.500. The summed E-state index contributed by atoms with van der Waals surface area (Å²) in [7, 11) is 0. The zero-order valence-corrected chi connectivity index (χ0v) is 18.2. The van der Waals surface area contributed by atoms with Gasteiger partial charge >= 0.3 is 0 Å². The molecule has 0 bridgehead atoms. The zero-order valence-electron chi connectivity index (χ0n) is 18.2. The molecular weight excluding hydrogens is 384 g/mol. The Morgan fingerprint density at radius 3 is 1.84 bits per heavy atom. The maximum Gasteiger partial charge on any atom is 0.237 e. The van der Waals surface area contributed by atoms with Crippen molar-refractivity contribution in [1.29, 1.82) is 0 Å². The second-order valence-electron chi connectivity index (χ2n) is 7.67. The summed E-state index contributed by atoms with van der Waals surface area (Å²) in [6.45, 7) is 4.32. The van der Waals surface area contributed by atoms with Crippen molar-refractivity contribution in [2.24, 2.45) is 0 Å². The van der Waals surface area contributed by atoms with Gasteiger partial charge in [0.15, 0.2) is 0 Å². The van der Waals surface area contributed by atoms with Crippen molar-refractivity contribution in [3.05, 3.63) is 108 Å². The van der Waals surface area contributed by atoms with Gasteiger partial charge in [0.1, 0.15) is 0 Å². The van der Waals surface area contributed by atoms with Gasteiger partial charge in [-0.3, -0.25) is 9.69 Å². The number of amides is 1. The molecule has 0 fully saturated rings. The van der Waals surface area contributed by atoms with E-state index in [2.05, 4.69) is 41.3 Å². The number of carbonyl (C=O) groups is 1. The molecule has 31 heavy (non-hydrogen) atoms. The highest BCUT2D eigenvalue weighted by Gasteiger charge is 2.25. The SMILES string of the molecule is CCN(Cc1ccccc1)C(=O)CN(CCCO)C(c1ccccc1)c1ccccc1. The lowest BCUT2D eigenvalue weighted by atomic mass is 9.96. The number of nitrogens with zero attached hydrogens (tertiary/aromatic N) is 2. The third kappa shape index (κ3) is 6.51. The molecule has 0 unspecified atom stereocenters. The molecule has 0 aliphatic rings. The fourth-order valence-electron chi connectivity index (χ4n) is 3.91. The number of rotatable bonds is 11. The largest absolute Gasteiger partial charge is 0.396 e. The van der Waals surface area contributed by atoms with Crippen LogP contribution in [0, 0.1) is 0 Å². The van der Waals surface area contributed by atoms with Gasteiger partial charge in [0.2, 0.25) is 5.91 Å². The fourth-order valence-corrected chi connectivity index (χ4v) is 3.91. The summed E-state index contributed by atoms with van der Waals surface area (Å²) >= 11 is 0. The fraction of sp³-hybridized carbons (Fsp3) is 0.296. The van der Waals surface area contributed by atoms with E-state index in [1.165, 1.54) is 0 Å². The first kappa shape index (κ1) is 22.7. The van der Waals surface area contributed by atoms with Gasteiger partial charge in [0.25, 0.3) is 0 Å². The van der Waals surface area contributed by atoms with Crippen molar-refractivity contribution in [2.75, 3.05) is 26.2 Å². The molecule has 0 saturated carbocycles. The molecule has 3 rings (SSSR count). The molecule has 0 saturated heterocycles. The first-order valence-electron chi connectivity index (χ1n) is 11.0. The number of benzene rings is 3. The Bertz CT molecular complexity index is 861. The molecule has 1 N–H and O–H groups in total. The second-order valence-corrected chi connectivity index (χ2v) is 7.67. The van der Waals surface area contributed by atoms with Crippen molar-refractivity contribution in [2.45, 2.75) is 25.9 Å². The standard InChI is InChI=1S/C27H32N2O2/c1-2-28(21-23-13-6-3-7-14-23)26(31)22-29(19-12-20-30)27(24-15-8-4-9-16-24)25-17-10-5-11-18-25/h3-11,13-18,27,30H,2,12,19-22H2,1H3. The van der Waals surface area contributed by atoms with Crippen molar-refractivity contribution >= 4 is 5.91 Å². The molecule has 162 valence electrons. The maximum atomic E-state index is 13.3. The third-order valence-corrected chi connectivity index (χ3v) is 5.49. The summed E-state index contributed by atoms with van der Waals surface area (Å²) in [5, 5.41) is 9.50. The molecule has 0 aromatic heterocycles. The van der Waals surface area contributed by atoms with E-state index in [1.54, 1.807) is 0 Å². The predicted molar refractivity (Wildman–Crippen MR) is 126 cm³/mol. The summed E-state index contributed by atoms with van der Waals surface area (Å²) in [5.41, 5.74) is 3.42. The Morgan fingerprint density at radius 2 is 1.35 bits per heavy atom. The molecule has 0 aliphatic carbocycles. The molecule has 1 amide bonds. The Kier molecular flexibility index (Phi) is 8.83. The van der Waals surface area contributed by atoms with Crippen LogP contribution in [0.25, 0.3) is 0 Å². The molecule has 0 aliphatic heterocycles. The van der Waals surface area contributed by atoms with Crippen molar-refractivity contribution in [3.8, 4) is 0 Å². The number of hydrogen-bond acceptors (Lipinski definition) is 3. The Morgan fingerprint density at radius 1 is 0.839 bits per heavy atom. The summed E-state index contributed by atoms with van der Waals surface area (Å²) < 4.78 is 0. The van der Waals surface area contributed by atoms with Crippen LogP contribution in [0.1, 0.15) is 36.1 Å². The number of likely N-dealkylation sites (N-methyl/N-ethyl adjacent to an activating group) is 1. The second kappa shape index (κ2) is 12.0. The molecule has 4 nitrogen and oxygen atoms in total. The maximum absolute atomic E-state index is 13.3. The van der Waals surface area contributed by atoms with Gasteiger partial charge in [0, 0.05) is 26.2 Å². The molecule has 4 heteroatoms. The lowest BCUT2D eigenvalue weighted by Crippen LogP contribution is -2.42. The summed E-state index contributed by atoms with van der Waals surface area (Å²) in [6, 6.07) is 30.6. The monoisotopic (exact) mass is 416 g/mol. The summed E-state index contributed by atoms with van der Waals surface area (Å²) in [4.78, 5) is 17.4. The molecule has 0 heterocycles. The molecule has 0 radical (unpaired) electrons.